The normalized spacial score (nSPS) is 13.1. The molecule has 0 bridgehead atoms. The topological polar surface area (TPSA) is 46.3 Å². The Morgan fingerprint density at radius 1 is 1.35 bits per heavy atom. The number of nitrogens with zero attached hydrogens (tertiary/aromatic N) is 1. The zero-order valence-electron chi connectivity index (χ0n) is 9.25. The van der Waals surface area contributed by atoms with Crippen LogP contribution in [0.25, 0.3) is 21.7 Å². The van der Waals surface area contributed by atoms with Crippen LogP contribution < -0.4 is 0 Å². The van der Waals surface area contributed by atoms with Gasteiger partial charge < -0.3 is 9.52 Å². The molecule has 17 heavy (non-hydrogen) atoms. The smallest absolute Gasteiger partial charge is 0.164 e. The third-order valence-electron chi connectivity index (χ3n) is 2.57. The second-order valence-corrected chi connectivity index (χ2v) is 4.95. The van der Waals surface area contributed by atoms with Gasteiger partial charge in [0, 0.05) is 11.6 Å². The molecule has 1 aromatic carbocycles. The van der Waals surface area contributed by atoms with Gasteiger partial charge in [-0.2, -0.15) is 0 Å². The molecule has 0 fully saturated rings. The van der Waals surface area contributed by atoms with E-state index < -0.39 is 6.10 Å². The van der Waals surface area contributed by atoms with Gasteiger partial charge in [-0.15, -0.1) is 11.3 Å². The summed E-state index contributed by atoms with van der Waals surface area (Å²) in [7, 11) is 0. The van der Waals surface area contributed by atoms with Crippen molar-refractivity contribution in [2.24, 2.45) is 0 Å². The average Bonchev–Trinajstić information content (AvgIpc) is 2.95. The van der Waals surface area contributed by atoms with E-state index in [2.05, 4.69) is 4.98 Å². The summed E-state index contributed by atoms with van der Waals surface area (Å²) in [5, 5.41) is 11.3. The summed E-state index contributed by atoms with van der Waals surface area (Å²) in [6.07, 6.45) is 1.21. The zero-order valence-corrected chi connectivity index (χ0v) is 10.1. The highest BCUT2D eigenvalue weighted by atomic mass is 32.1. The Morgan fingerprint density at radius 3 is 2.88 bits per heavy atom. The monoisotopic (exact) mass is 245 g/mol. The van der Waals surface area contributed by atoms with Crippen LogP contribution in [0.15, 0.2) is 40.9 Å². The fourth-order valence-corrected chi connectivity index (χ4v) is 2.49. The van der Waals surface area contributed by atoms with Gasteiger partial charge in [-0.1, -0.05) is 18.2 Å². The maximum atomic E-state index is 9.46. The van der Waals surface area contributed by atoms with E-state index in [0.717, 1.165) is 26.6 Å². The highest BCUT2D eigenvalue weighted by molar-refractivity contribution is 7.15. The number of thiazole rings is 1. The highest BCUT2D eigenvalue weighted by Gasteiger charge is 2.12. The van der Waals surface area contributed by atoms with Gasteiger partial charge in [-0.25, -0.2) is 4.98 Å². The van der Waals surface area contributed by atoms with Crippen LogP contribution in [0.4, 0.5) is 0 Å². The summed E-state index contributed by atoms with van der Waals surface area (Å²) in [6.45, 7) is 1.73. The molecule has 0 aliphatic heterocycles. The molecule has 0 radical (unpaired) electrons. The SMILES string of the molecule is CC(O)c1cnc(-c2cc3ccccc3o2)s1. The molecule has 2 aromatic heterocycles. The molecule has 0 spiro atoms. The fourth-order valence-electron chi connectivity index (χ4n) is 1.68. The lowest BCUT2D eigenvalue weighted by atomic mass is 10.2. The number of hydrogen-bond acceptors (Lipinski definition) is 4. The highest BCUT2D eigenvalue weighted by Crippen LogP contribution is 2.32. The second-order valence-electron chi connectivity index (χ2n) is 3.89. The third-order valence-corrected chi connectivity index (χ3v) is 3.75. The first-order valence-electron chi connectivity index (χ1n) is 5.37. The molecule has 2 heterocycles. The number of hydrogen-bond donors (Lipinski definition) is 1. The van der Waals surface area contributed by atoms with Crippen molar-refractivity contribution in [1.82, 2.24) is 4.98 Å². The Morgan fingerprint density at radius 2 is 2.18 bits per heavy atom. The van der Waals surface area contributed by atoms with Crippen molar-refractivity contribution in [3.05, 3.63) is 41.4 Å². The number of para-hydroxylation sites is 1. The first kappa shape index (κ1) is 10.5. The fraction of sp³-hybridized carbons (Fsp3) is 0.154. The van der Waals surface area contributed by atoms with E-state index in [9.17, 15) is 5.11 Å². The molecule has 0 aliphatic rings. The molecule has 1 atom stereocenters. The maximum Gasteiger partial charge on any atom is 0.164 e. The van der Waals surface area contributed by atoms with Crippen molar-refractivity contribution in [3.63, 3.8) is 0 Å². The van der Waals surface area contributed by atoms with Crippen LogP contribution in [0.3, 0.4) is 0 Å². The largest absolute Gasteiger partial charge is 0.454 e. The van der Waals surface area contributed by atoms with Crippen molar-refractivity contribution in [1.29, 1.82) is 0 Å². The first-order valence-corrected chi connectivity index (χ1v) is 6.18. The number of furan rings is 1. The third kappa shape index (κ3) is 1.85. The van der Waals surface area contributed by atoms with Gasteiger partial charge in [0.15, 0.2) is 10.8 Å². The number of aliphatic hydroxyl groups is 1. The van der Waals surface area contributed by atoms with Crippen molar-refractivity contribution >= 4 is 22.3 Å². The van der Waals surface area contributed by atoms with Gasteiger partial charge in [0.05, 0.1) is 11.0 Å². The van der Waals surface area contributed by atoms with Gasteiger partial charge >= 0.3 is 0 Å². The summed E-state index contributed by atoms with van der Waals surface area (Å²) < 4.78 is 5.71. The van der Waals surface area contributed by atoms with Gasteiger partial charge in [0.1, 0.15) is 5.58 Å². The Balaban J connectivity index is 2.07. The predicted octanol–water partition coefficient (Wildman–Crippen LogP) is 3.61. The zero-order chi connectivity index (χ0) is 11.8. The molecular weight excluding hydrogens is 234 g/mol. The summed E-state index contributed by atoms with van der Waals surface area (Å²) in [4.78, 5) is 5.12. The molecule has 3 rings (SSSR count). The number of aromatic nitrogens is 1. The Kier molecular flexibility index (Phi) is 2.46. The minimum Gasteiger partial charge on any atom is -0.454 e. The Hall–Kier alpha value is -1.65. The van der Waals surface area contributed by atoms with Crippen LogP contribution in [0.2, 0.25) is 0 Å². The molecule has 0 aliphatic carbocycles. The Labute approximate surface area is 102 Å². The lowest BCUT2D eigenvalue weighted by molar-refractivity contribution is 0.203. The molecule has 0 amide bonds. The van der Waals surface area contributed by atoms with E-state index in [1.165, 1.54) is 11.3 Å². The minimum absolute atomic E-state index is 0.481. The number of benzene rings is 1. The predicted molar refractivity (Wildman–Crippen MR) is 68.0 cm³/mol. The summed E-state index contributed by atoms with van der Waals surface area (Å²) in [5.74, 6) is 0.753. The van der Waals surface area contributed by atoms with Crippen LogP contribution in [-0.2, 0) is 0 Å². The van der Waals surface area contributed by atoms with Crippen molar-refractivity contribution < 1.29 is 9.52 Å². The minimum atomic E-state index is -0.481. The summed E-state index contributed by atoms with van der Waals surface area (Å²) in [6, 6.07) is 9.83. The molecule has 0 saturated heterocycles. The van der Waals surface area contributed by atoms with Gasteiger partial charge in [-0.05, 0) is 19.1 Å². The quantitative estimate of drug-likeness (QED) is 0.750. The van der Waals surface area contributed by atoms with E-state index >= 15 is 0 Å². The number of aliphatic hydroxyl groups excluding tert-OH is 1. The van der Waals surface area contributed by atoms with Crippen LogP contribution in [-0.4, -0.2) is 10.1 Å². The number of rotatable bonds is 2. The van der Waals surface area contributed by atoms with Gasteiger partial charge in [0.25, 0.3) is 0 Å². The molecule has 1 unspecified atom stereocenters. The van der Waals surface area contributed by atoms with E-state index in [0.29, 0.717) is 0 Å². The van der Waals surface area contributed by atoms with Crippen LogP contribution >= 0.6 is 11.3 Å². The van der Waals surface area contributed by atoms with Gasteiger partial charge in [0.2, 0.25) is 0 Å². The lowest BCUT2D eigenvalue weighted by Crippen LogP contribution is -1.83. The van der Waals surface area contributed by atoms with Crippen LogP contribution in [0.1, 0.15) is 17.9 Å². The number of fused-ring (bicyclic) bond motifs is 1. The second kappa shape index (κ2) is 3.98. The van der Waals surface area contributed by atoms with Crippen LogP contribution in [0, 0.1) is 0 Å². The van der Waals surface area contributed by atoms with E-state index in [-0.39, 0.29) is 0 Å². The standard InChI is InChI=1S/C13H11NO2S/c1-8(15)12-7-14-13(17-12)11-6-9-4-2-3-5-10(9)16-11/h2-8,15H,1H3. The molecule has 3 nitrogen and oxygen atoms in total. The van der Waals surface area contributed by atoms with E-state index in [1.54, 1.807) is 13.1 Å². The van der Waals surface area contributed by atoms with E-state index in [4.69, 9.17) is 4.42 Å². The summed E-state index contributed by atoms with van der Waals surface area (Å²) >= 11 is 1.45. The molecule has 3 aromatic rings. The maximum absolute atomic E-state index is 9.46. The first-order chi connectivity index (χ1) is 8.24. The van der Waals surface area contributed by atoms with Gasteiger partial charge in [-0.3, -0.25) is 0 Å². The molecular formula is C13H11NO2S. The summed E-state index contributed by atoms with van der Waals surface area (Å²) in [5.41, 5.74) is 0.858. The van der Waals surface area contributed by atoms with E-state index in [1.807, 2.05) is 30.3 Å². The molecule has 4 heteroatoms. The van der Waals surface area contributed by atoms with Crippen molar-refractivity contribution in [2.75, 3.05) is 0 Å². The average molecular weight is 245 g/mol. The molecule has 0 saturated carbocycles. The molecule has 1 N–H and O–H groups in total. The van der Waals surface area contributed by atoms with Crippen molar-refractivity contribution in [3.8, 4) is 10.8 Å². The van der Waals surface area contributed by atoms with Crippen molar-refractivity contribution in [2.45, 2.75) is 13.0 Å². The van der Waals surface area contributed by atoms with Crippen LogP contribution in [0.5, 0.6) is 0 Å². The lowest BCUT2D eigenvalue weighted by Gasteiger charge is -1.95. The Bertz CT molecular complexity index is 621. The molecule has 86 valence electrons.